The van der Waals surface area contributed by atoms with E-state index in [1.54, 1.807) is 6.20 Å². The van der Waals surface area contributed by atoms with Crippen molar-refractivity contribution < 1.29 is 4.74 Å². The van der Waals surface area contributed by atoms with Gasteiger partial charge in [-0.25, -0.2) is 9.97 Å². The maximum Gasteiger partial charge on any atom is 0.222 e. The van der Waals surface area contributed by atoms with Crippen molar-refractivity contribution >= 4 is 5.95 Å². The number of hydrogen-bond donors (Lipinski definition) is 2. The van der Waals surface area contributed by atoms with E-state index in [0.29, 0.717) is 12.1 Å². The smallest absolute Gasteiger partial charge is 0.222 e. The number of nitrogens with zero attached hydrogens (tertiary/aromatic N) is 2. The maximum absolute atomic E-state index is 5.60. The summed E-state index contributed by atoms with van der Waals surface area (Å²) in [6.45, 7) is 5.52. The van der Waals surface area contributed by atoms with Gasteiger partial charge in [0.1, 0.15) is 0 Å². The molecule has 1 aliphatic heterocycles. The molecule has 1 aliphatic rings. The first-order valence-corrected chi connectivity index (χ1v) is 5.70. The lowest BCUT2D eigenvalue weighted by Crippen LogP contribution is -2.39. The predicted molar refractivity (Wildman–Crippen MR) is 62.5 cm³/mol. The van der Waals surface area contributed by atoms with Crippen LogP contribution in [0.1, 0.15) is 12.1 Å². The number of ether oxygens (including phenoxy) is 1. The number of aromatic nitrogens is 2. The fourth-order valence-electron chi connectivity index (χ4n) is 1.68. The Balaban J connectivity index is 1.71. The molecule has 0 bridgehead atoms. The second kappa shape index (κ2) is 5.77. The summed E-state index contributed by atoms with van der Waals surface area (Å²) in [5.74, 6) is 0.698. The van der Waals surface area contributed by atoms with Crippen molar-refractivity contribution in [1.82, 2.24) is 15.3 Å². The fraction of sp³-hybridized carbons (Fsp3) is 0.636. The molecular weight excluding hydrogens is 204 g/mol. The quantitative estimate of drug-likeness (QED) is 0.780. The topological polar surface area (TPSA) is 59.1 Å². The van der Waals surface area contributed by atoms with E-state index in [1.807, 2.05) is 13.0 Å². The Bertz CT molecular complexity index is 326. The zero-order chi connectivity index (χ0) is 11.2. The van der Waals surface area contributed by atoms with E-state index in [9.17, 15) is 0 Å². The van der Waals surface area contributed by atoms with Crippen LogP contribution < -0.4 is 10.6 Å². The van der Waals surface area contributed by atoms with Gasteiger partial charge < -0.3 is 15.4 Å². The largest absolute Gasteiger partial charge is 0.376 e. The van der Waals surface area contributed by atoms with Crippen LogP contribution in [0.3, 0.4) is 0 Å². The molecule has 1 fully saturated rings. The van der Waals surface area contributed by atoms with Gasteiger partial charge in [0.2, 0.25) is 5.95 Å². The first kappa shape index (κ1) is 11.3. The Labute approximate surface area is 95.6 Å². The summed E-state index contributed by atoms with van der Waals surface area (Å²) in [7, 11) is 0. The van der Waals surface area contributed by atoms with Crippen LogP contribution in [0.25, 0.3) is 0 Å². The van der Waals surface area contributed by atoms with Crippen molar-refractivity contribution in [3.05, 3.63) is 18.0 Å². The molecule has 0 radical (unpaired) electrons. The molecule has 2 heterocycles. The average molecular weight is 222 g/mol. The molecule has 1 atom stereocenters. The first-order chi connectivity index (χ1) is 7.84. The van der Waals surface area contributed by atoms with Gasteiger partial charge in [-0.1, -0.05) is 0 Å². The summed E-state index contributed by atoms with van der Waals surface area (Å²) < 4.78 is 5.60. The summed E-state index contributed by atoms with van der Waals surface area (Å²) in [5.41, 5.74) is 0.980. The lowest BCUT2D eigenvalue weighted by molar-refractivity contribution is 0.0258. The van der Waals surface area contributed by atoms with Gasteiger partial charge in [0.25, 0.3) is 0 Å². The number of morpholine rings is 1. The second-order valence-electron chi connectivity index (χ2n) is 3.93. The van der Waals surface area contributed by atoms with Crippen molar-refractivity contribution in [2.45, 2.75) is 19.4 Å². The molecule has 0 aliphatic carbocycles. The van der Waals surface area contributed by atoms with Gasteiger partial charge in [-0.15, -0.1) is 0 Å². The van der Waals surface area contributed by atoms with Crippen LogP contribution in [0, 0.1) is 6.92 Å². The minimum absolute atomic E-state index is 0.311. The van der Waals surface area contributed by atoms with E-state index in [4.69, 9.17) is 4.74 Å². The zero-order valence-corrected chi connectivity index (χ0v) is 9.57. The van der Waals surface area contributed by atoms with Gasteiger partial charge in [0.05, 0.1) is 12.7 Å². The van der Waals surface area contributed by atoms with Crippen molar-refractivity contribution in [2.24, 2.45) is 0 Å². The summed E-state index contributed by atoms with van der Waals surface area (Å²) in [6.07, 6.45) is 3.05. The van der Waals surface area contributed by atoms with Crippen LogP contribution in [-0.2, 0) is 4.74 Å². The minimum Gasteiger partial charge on any atom is -0.376 e. The minimum atomic E-state index is 0.311. The molecule has 0 aromatic carbocycles. The molecule has 1 aromatic heterocycles. The average Bonchev–Trinajstić information content (AvgIpc) is 2.30. The summed E-state index contributed by atoms with van der Waals surface area (Å²) >= 11 is 0. The Kier molecular flexibility index (Phi) is 4.07. The van der Waals surface area contributed by atoms with Crippen LogP contribution >= 0.6 is 0 Å². The highest BCUT2D eigenvalue weighted by molar-refractivity contribution is 5.24. The molecule has 0 amide bonds. The first-order valence-electron chi connectivity index (χ1n) is 5.70. The third kappa shape index (κ3) is 3.43. The third-order valence-corrected chi connectivity index (χ3v) is 2.55. The number of nitrogens with one attached hydrogen (secondary N) is 2. The monoisotopic (exact) mass is 222 g/mol. The van der Waals surface area contributed by atoms with Crippen LogP contribution in [0.5, 0.6) is 0 Å². The summed E-state index contributed by atoms with van der Waals surface area (Å²) in [6, 6.07) is 1.89. The van der Waals surface area contributed by atoms with Crippen LogP contribution in [0.15, 0.2) is 12.3 Å². The van der Waals surface area contributed by atoms with Crippen molar-refractivity contribution in [3.63, 3.8) is 0 Å². The Morgan fingerprint density at radius 2 is 2.56 bits per heavy atom. The van der Waals surface area contributed by atoms with Crippen molar-refractivity contribution in [1.29, 1.82) is 0 Å². The second-order valence-corrected chi connectivity index (χ2v) is 3.93. The molecule has 1 saturated heterocycles. The summed E-state index contributed by atoms with van der Waals surface area (Å²) in [4.78, 5) is 8.42. The number of anilines is 1. The SMILES string of the molecule is Cc1ccnc(NCCC2CNCCO2)n1. The molecule has 2 N–H and O–H groups in total. The lowest BCUT2D eigenvalue weighted by Gasteiger charge is -2.23. The molecule has 88 valence electrons. The van der Waals surface area contributed by atoms with Crippen molar-refractivity contribution in [3.8, 4) is 0 Å². The number of aryl methyl sites for hydroxylation is 1. The van der Waals surface area contributed by atoms with Crippen LogP contribution in [0.4, 0.5) is 5.95 Å². The molecule has 1 unspecified atom stereocenters. The van der Waals surface area contributed by atoms with Crippen LogP contribution in [-0.4, -0.2) is 42.3 Å². The highest BCUT2D eigenvalue weighted by atomic mass is 16.5. The Hall–Kier alpha value is -1.20. The molecule has 5 heteroatoms. The van der Waals surface area contributed by atoms with E-state index in [-0.39, 0.29) is 0 Å². The normalized spacial score (nSPS) is 20.7. The van der Waals surface area contributed by atoms with Crippen molar-refractivity contribution in [2.75, 3.05) is 31.6 Å². The molecule has 0 spiro atoms. The highest BCUT2D eigenvalue weighted by Crippen LogP contribution is 2.03. The number of hydrogen-bond acceptors (Lipinski definition) is 5. The van der Waals surface area contributed by atoms with E-state index in [0.717, 1.165) is 38.4 Å². The summed E-state index contributed by atoms with van der Waals surface area (Å²) in [5, 5.41) is 6.51. The van der Waals surface area contributed by atoms with Gasteiger partial charge in [0.15, 0.2) is 0 Å². The van der Waals surface area contributed by atoms with E-state index >= 15 is 0 Å². The van der Waals surface area contributed by atoms with E-state index < -0.39 is 0 Å². The Morgan fingerprint density at radius 1 is 1.62 bits per heavy atom. The lowest BCUT2D eigenvalue weighted by atomic mass is 10.2. The van der Waals surface area contributed by atoms with Gasteiger partial charge in [0, 0.05) is 31.5 Å². The molecular formula is C11H18N4O. The van der Waals surface area contributed by atoms with Gasteiger partial charge in [-0.3, -0.25) is 0 Å². The fourth-order valence-corrected chi connectivity index (χ4v) is 1.68. The predicted octanol–water partition coefficient (Wildman–Crippen LogP) is 0.575. The Morgan fingerprint density at radius 3 is 3.31 bits per heavy atom. The molecule has 0 saturated carbocycles. The zero-order valence-electron chi connectivity index (χ0n) is 9.57. The van der Waals surface area contributed by atoms with Crippen LogP contribution in [0.2, 0.25) is 0 Å². The maximum atomic E-state index is 5.60. The molecule has 16 heavy (non-hydrogen) atoms. The molecule has 1 aromatic rings. The van der Waals surface area contributed by atoms with Gasteiger partial charge in [-0.2, -0.15) is 0 Å². The number of rotatable bonds is 4. The molecule has 2 rings (SSSR count). The highest BCUT2D eigenvalue weighted by Gasteiger charge is 2.12. The third-order valence-electron chi connectivity index (χ3n) is 2.55. The van der Waals surface area contributed by atoms with E-state index in [2.05, 4.69) is 20.6 Å². The molecule has 5 nitrogen and oxygen atoms in total. The standard InChI is InChI=1S/C11H18N4O/c1-9-2-4-13-11(15-9)14-5-3-10-8-12-6-7-16-10/h2,4,10,12H,3,5-8H2,1H3,(H,13,14,15). The van der Waals surface area contributed by atoms with Gasteiger partial charge >= 0.3 is 0 Å². The van der Waals surface area contributed by atoms with E-state index in [1.165, 1.54) is 0 Å². The van der Waals surface area contributed by atoms with Gasteiger partial charge in [-0.05, 0) is 19.4 Å².